The second-order valence-corrected chi connectivity index (χ2v) is 8.58. The van der Waals surface area contributed by atoms with Gasteiger partial charge in [-0.1, -0.05) is 38.5 Å². The molecule has 2 aromatic heterocycles. The van der Waals surface area contributed by atoms with E-state index in [1.54, 1.807) is 0 Å². The molecule has 1 saturated heterocycles. The van der Waals surface area contributed by atoms with E-state index in [0.717, 1.165) is 42.0 Å². The van der Waals surface area contributed by atoms with E-state index in [2.05, 4.69) is 54.9 Å². The van der Waals surface area contributed by atoms with Gasteiger partial charge in [-0.15, -0.1) is 10.2 Å². The normalized spacial score (nSPS) is 18.6. The molecule has 0 bridgehead atoms. The van der Waals surface area contributed by atoms with Gasteiger partial charge in [0.15, 0.2) is 5.69 Å². The molecule has 0 aliphatic carbocycles. The van der Waals surface area contributed by atoms with Gasteiger partial charge in [-0.25, -0.2) is 0 Å². The van der Waals surface area contributed by atoms with Crippen LogP contribution in [0.4, 0.5) is 0 Å². The lowest BCUT2D eigenvalue weighted by atomic mass is 10.0. The summed E-state index contributed by atoms with van der Waals surface area (Å²) in [4.78, 5) is 2.52. The Labute approximate surface area is 166 Å². The summed E-state index contributed by atoms with van der Waals surface area (Å²) in [5, 5.41) is 14.7. The van der Waals surface area contributed by atoms with Crippen LogP contribution in [0.15, 0.2) is 28.7 Å². The molecular weight excluding hydrogens is 350 g/mol. The van der Waals surface area contributed by atoms with Crippen LogP contribution < -0.4 is 0 Å². The number of fused-ring (bicyclic) bond motifs is 1. The molecule has 1 unspecified atom stereocenters. The van der Waals surface area contributed by atoms with Crippen LogP contribution in [0.3, 0.4) is 0 Å². The van der Waals surface area contributed by atoms with Crippen molar-refractivity contribution in [2.45, 2.75) is 65.5 Å². The number of para-hydroxylation sites is 1. The largest absolute Gasteiger partial charge is 0.417 e. The van der Waals surface area contributed by atoms with Crippen LogP contribution in [0.5, 0.6) is 0 Å². The Hall–Kier alpha value is -2.21. The second-order valence-electron chi connectivity index (χ2n) is 8.58. The Morgan fingerprint density at radius 1 is 1.11 bits per heavy atom. The van der Waals surface area contributed by atoms with Gasteiger partial charge in [0.05, 0.1) is 11.6 Å². The fourth-order valence-electron chi connectivity index (χ4n) is 4.07. The average molecular weight is 382 g/mol. The highest BCUT2D eigenvalue weighted by Crippen LogP contribution is 2.34. The molecule has 0 saturated carbocycles. The first-order valence-corrected chi connectivity index (χ1v) is 10.6. The van der Waals surface area contributed by atoms with Crippen molar-refractivity contribution in [2.24, 2.45) is 5.92 Å². The molecule has 0 radical (unpaired) electrons. The zero-order chi connectivity index (χ0) is 19.7. The van der Waals surface area contributed by atoms with E-state index in [4.69, 9.17) is 9.52 Å². The van der Waals surface area contributed by atoms with E-state index in [1.165, 1.54) is 19.3 Å². The number of aromatic nitrogens is 4. The van der Waals surface area contributed by atoms with Gasteiger partial charge in [0, 0.05) is 11.4 Å². The zero-order valence-corrected chi connectivity index (χ0v) is 17.4. The van der Waals surface area contributed by atoms with Crippen LogP contribution in [0.2, 0.25) is 0 Å². The average Bonchev–Trinajstić information content (AvgIpc) is 3.31. The lowest BCUT2D eigenvalue weighted by Gasteiger charge is -2.33. The van der Waals surface area contributed by atoms with Crippen molar-refractivity contribution in [3.63, 3.8) is 0 Å². The van der Waals surface area contributed by atoms with Crippen molar-refractivity contribution in [2.75, 3.05) is 13.1 Å². The lowest BCUT2D eigenvalue weighted by Crippen LogP contribution is -2.34. The monoisotopic (exact) mass is 381 g/mol. The van der Waals surface area contributed by atoms with E-state index in [1.807, 2.05) is 16.8 Å². The minimum absolute atomic E-state index is 0.229. The number of piperidine rings is 1. The molecule has 150 valence electrons. The molecule has 6 nitrogen and oxygen atoms in total. The minimum Gasteiger partial charge on any atom is -0.417 e. The Balaban J connectivity index is 1.65. The summed E-state index contributed by atoms with van der Waals surface area (Å²) in [5.41, 5.74) is 1.89. The lowest BCUT2D eigenvalue weighted by molar-refractivity contribution is 0.120. The summed E-state index contributed by atoms with van der Waals surface area (Å²) in [6.45, 7) is 11.0. The molecule has 1 aliphatic rings. The van der Waals surface area contributed by atoms with E-state index in [9.17, 15) is 0 Å². The van der Waals surface area contributed by atoms with Crippen LogP contribution in [0, 0.1) is 5.92 Å². The Morgan fingerprint density at radius 3 is 2.71 bits per heavy atom. The number of nitrogens with zero attached hydrogens (tertiary/aromatic N) is 5. The highest BCUT2D eigenvalue weighted by Gasteiger charge is 2.29. The molecular formula is C22H31N5O. The number of likely N-dealkylation sites (tertiary alicyclic amines) is 1. The zero-order valence-electron chi connectivity index (χ0n) is 17.4. The van der Waals surface area contributed by atoms with Gasteiger partial charge in [0.1, 0.15) is 0 Å². The van der Waals surface area contributed by atoms with Crippen molar-refractivity contribution in [1.29, 1.82) is 0 Å². The number of benzene rings is 1. The highest BCUT2D eigenvalue weighted by molar-refractivity contribution is 5.91. The fraction of sp³-hybridized carbons (Fsp3) is 0.591. The van der Waals surface area contributed by atoms with Crippen LogP contribution in [0.1, 0.15) is 71.4 Å². The maximum atomic E-state index is 6.21. The van der Waals surface area contributed by atoms with E-state index >= 15 is 0 Å². The molecule has 1 aromatic carbocycles. The molecule has 3 heterocycles. The third-order valence-electron chi connectivity index (χ3n) is 5.64. The van der Waals surface area contributed by atoms with E-state index in [0.29, 0.717) is 11.8 Å². The van der Waals surface area contributed by atoms with Gasteiger partial charge in [0.25, 0.3) is 5.89 Å². The molecule has 1 atom stereocenters. The fourth-order valence-corrected chi connectivity index (χ4v) is 4.07. The van der Waals surface area contributed by atoms with Crippen molar-refractivity contribution >= 4 is 10.9 Å². The molecule has 28 heavy (non-hydrogen) atoms. The van der Waals surface area contributed by atoms with Gasteiger partial charge in [-0.05, 0) is 58.2 Å². The summed E-state index contributed by atoms with van der Waals surface area (Å²) >= 11 is 0. The van der Waals surface area contributed by atoms with Gasteiger partial charge in [-0.2, -0.15) is 5.10 Å². The summed E-state index contributed by atoms with van der Waals surface area (Å²) in [6.07, 6.45) is 4.74. The minimum atomic E-state index is 0.229. The number of hydrogen-bond acceptors (Lipinski definition) is 5. The van der Waals surface area contributed by atoms with Gasteiger partial charge >= 0.3 is 0 Å². The quantitative estimate of drug-likeness (QED) is 0.584. The van der Waals surface area contributed by atoms with Crippen LogP contribution in [-0.2, 0) is 0 Å². The SMILES string of the molecule is CC(C)CCN1CCCCC1c1nnc(-c2nn(C(C)C)c3ccccc23)o1. The second kappa shape index (κ2) is 8.03. The smallest absolute Gasteiger partial charge is 0.268 e. The van der Waals surface area contributed by atoms with Gasteiger partial charge in [-0.3, -0.25) is 9.58 Å². The number of hydrogen-bond donors (Lipinski definition) is 0. The third kappa shape index (κ3) is 3.70. The maximum absolute atomic E-state index is 6.21. The standard InChI is InChI=1S/C22H31N5O/c1-15(2)12-14-26-13-8-7-11-19(26)21-23-24-22(28-21)20-17-9-5-6-10-18(17)27(25-20)16(3)4/h5-6,9-10,15-16,19H,7-8,11-14H2,1-4H3. The molecule has 0 spiro atoms. The highest BCUT2D eigenvalue weighted by atomic mass is 16.4. The summed E-state index contributed by atoms with van der Waals surface area (Å²) in [6, 6.07) is 8.75. The van der Waals surface area contributed by atoms with Crippen molar-refractivity contribution in [1.82, 2.24) is 24.9 Å². The summed E-state index contributed by atoms with van der Waals surface area (Å²) in [7, 11) is 0. The van der Waals surface area contributed by atoms with Gasteiger partial charge < -0.3 is 4.42 Å². The Kier molecular flexibility index (Phi) is 5.49. The molecule has 0 amide bonds. The van der Waals surface area contributed by atoms with Crippen molar-refractivity contribution < 1.29 is 4.42 Å². The predicted molar refractivity (Wildman–Crippen MR) is 111 cm³/mol. The van der Waals surface area contributed by atoms with Crippen LogP contribution >= 0.6 is 0 Å². The van der Waals surface area contributed by atoms with Crippen LogP contribution in [-0.4, -0.2) is 38.0 Å². The summed E-state index contributed by atoms with van der Waals surface area (Å²) < 4.78 is 8.24. The predicted octanol–water partition coefficient (Wildman–Crippen LogP) is 5.24. The Bertz CT molecular complexity index is 926. The maximum Gasteiger partial charge on any atom is 0.268 e. The van der Waals surface area contributed by atoms with Crippen molar-refractivity contribution in [3.8, 4) is 11.6 Å². The topological polar surface area (TPSA) is 60.0 Å². The first-order valence-electron chi connectivity index (χ1n) is 10.6. The molecule has 1 fully saturated rings. The first kappa shape index (κ1) is 19.1. The van der Waals surface area contributed by atoms with E-state index < -0.39 is 0 Å². The van der Waals surface area contributed by atoms with Gasteiger partial charge in [0.2, 0.25) is 5.89 Å². The summed E-state index contributed by atoms with van der Waals surface area (Å²) in [5.74, 6) is 1.97. The Morgan fingerprint density at radius 2 is 1.93 bits per heavy atom. The molecule has 4 rings (SSSR count). The number of rotatable bonds is 6. The van der Waals surface area contributed by atoms with Crippen molar-refractivity contribution in [3.05, 3.63) is 30.2 Å². The van der Waals surface area contributed by atoms with Crippen LogP contribution in [0.25, 0.3) is 22.5 Å². The molecule has 6 heteroatoms. The molecule has 0 N–H and O–H groups in total. The third-order valence-corrected chi connectivity index (χ3v) is 5.64. The molecule has 3 aromatic rings. The first-order chi connectivity index (χ1) is 13.5. The molecule has 1 aliphatic heterocycles. The van der Waals surface area contributed by atoms with E-state index in [-0.39, 0.29) is 12.1 Å².